The Morgan fingerprint density at radius 1 is 1.25 bits per heavy atom. The molecule has 0 fully saturated rings. The third-order valence-electron chi connectivity index (χ3n) is 1.33. The predicted octanol–water partition coefficient (Wildman–Crippen LogP) is 1.22. The monoisotopic (exact) mass is 186 g/mol. The summed E-state index contributed by atoms with van der Waals surface area (Å²) in [5.41, 5.74) is 0. The van der Waals surface area contributed by atoms with Gasteiger partial charge >= 0.3 is 0 Å². The minimum Gasteiger partial charge on any atom is -0.480 e. The van der Waals surface area contributed by atoms with Crippen LogP contribution in [0.1, 0.15) is 0 Å². The second kappa shape index (κ2) is 4.15. The number of ether oxygens (including phenoxy) is 2. The van der Waals surface area contributed by atoms with Crippen LogP contribution >= 0.6 is 11.8 Å². The van der Waals surface area contributed by atoms with Crippen LogP contribution in [0.4, 0.5) is 0 Å². The van der Waals surface area contributed by atoms with Gasteiger partial charge in [0.15, 0.2) is 0 Å². The zero-order valence-electron chi connectivity index (χ0n) is 7.20. The zero-order chi connectivity index (χ0) is 8.97. The highest BCUT2D eigenvalue weighted by Gasteiger charge is 2.05. The Labute approximate surface area is 75.3 Å². The van der Waals surface area contributed by atoms with E-state index in [1.54, 1.807) is 32.0 Å². The average molecular weight is 186 g/mol. The van der Waals surface area contributed by atoms with Gasteiger partial charge in [0.2, 0.25) is 11.8 Å². The summed E-state index contributed by atoms with van der Waals surface area (Å²) < 4.78 is 9.90. The van der Waals surface area contributed by atoms with E-state index in [2.05, 4.69) is 10.2 Å². The summed E-state index contributed by atoms with van der Waals surface area (Å²) in [7, 11) is 3.12. The van der Waals surface area contributed by atoms with E-state index in [4.69, 9.17) is 9.47 Å². The molecule has 0 N–H and O–H groups in total. The SMILES string of the molecule is COc1cc(SC)c(OC)nn1. The lowest BCUT2D eigenvalue weighted by atomic mass is 10.5. The van der Waals surface area contributed by atoms with E-state index in [0.717, 1.165) is 4.90 Å². The molecule has 0 aliphatic rings. The Morgan fingerprint density at radius 2 is 2.00 bits per heavy atom. The Kier molecular flexibility index (Phi) is 3.16. The van der Waals surface area contributed by atoms with Gasteiger partial charge in [-0.05, 0) is 6.26 Å². The number of nitrogens with zero attached hydrogens (tertiary/aromatic N) is 2. The first-order chi connectivity index (χ1) is 5.81. The molecule has 0 aliphatic heterocycles. The van der Waals surface area contributed by atoms with Gasteiger partial charge in [0.1, 0.15) is 0 Å². The first-order valence-electron chi connectivity index (χ1n) is 3.31. The van der Waals surface area contributed by atoms with Crippen LogP contribution in [0.5, 0.6) is 11.8 Å². The number of methoxy groups -OCH3 is 2. The molecule has 0 bridgehead atoms. The number of hydrogen-bond donors (Lipinski definition) is 0. The summed E-state index contributed by atoms with van der Waals surface area (Å²) in [6, 6.07) is 1.79. The van der Waals surface area contributed by atoms with Crippen molar-refractivity contribution in [3.05, 3.63) is 6.07 Å². The fourth-order valence-electron chi connectivity index (χ4n) is 0.734. The maximum absolute atomic E-state index is 4.99. The van der Waals surface area contributed by atoms with E-state index in [1.807, 2.05) is 6.26 Å². The highest BCUT2D eigenvalue weighted by molar-refractivity contribution is 7.98. The molecule has 12 heavy (non-hydrogen) atoms. The third kappa shape index (κ3) is 1.79. The molecule has 66 valence electrons. The normalized spacial score (nSPS) is 9.58. The molecule has 0 atom stereocenters. The van der Waals surface area contributed by atoms with Crippen LogP contribution in [-0.2, 0) is 0 Å². The zero-order valence-corrected chi connectivity index (χ0v) is 8.01. The van der Waals surface area contributed by atoms with Crippen molar-refractivity contribution in [2.45, 2.75) is 4.90 Å². The van der Waals surface area contributed by atoms with Crippen LogP contribution in [0.2, 0.25) is 0 Å². The second-order valence-corrected chi connectivity index (χ2v) is 2.81. The fourth-order valence-corrected chi connectivity index (χ4v) is 1.25. The largest absolute Gasteiger partial charge is 0.480 e. The Bertz CT molecular complexity index is 268. The number of aromatic nitrogens is 2. The molecular formula is C7H10N2O2S. The second-order valence-electron chi connectivity index (χ2n) is 1.96. The summed E-state index contributed by atoms with van der Waals surface area (Å²) in [5, 5.41) is 7.59. The van der Waals surface area contributed by atoms with Gasteiger partial charge in [-0.1, -0.05) is 0 Å². The van der Waals surface area contributed by atoms with Gasteiger partial charge in [-0.25, -0.2) is 0 Å². The van der Waals surface area contributed by atoms with Gasteiger partial charge in [-0.3, -0.25) is 0 Å². The molecule has 0 saturated carbocycles. The average Bonchev–Trinajstić information content (AvgIpc) is 2.16. The molecule has 4 nitrogen and oxygen atoms in total. The fraction of sp³-hybridized carbons (Fsp3) is 0.429. The Hall–Kier alpha value is -0.970. The van der Waals surface area contributed by atoms with Gasteiger partial charge in [-0.2, -0.15) is 0 Å². The molecule has 1 aromatic rings. The topological polar surface area (TPSA) is 44.2 Å². The smallest absolute Gasteiger partial charge is 0.247 e. The maximum Gasteiger partial charge on any atom is 0.247 e. The van der Waals surface area contributed by atoms with E-state index in [-0.39, 0.29) is 0 Å². The van der Waals surface area contributed by atoms with Crippen LogP contribution < -0.4 is 9.47 Å². The maximum atomic E-state index is 4.99. The van der Waals surface area contributed by atoms with E-state index in [1.165, 1.54) is 0 Å². The van der Waals surface area contributed by atoms with Crippen LogP contribution in [-0.4, -0.2) is 30.7 Å². The summed E-state index contributed by atoms with van der Waals surface area (Å²) in [5.74, 6) is 1.03. The highest BCUT2D eigenvalue weighted by Crippen LogP contribution is 2.26. The van der Waals surface area contributed by atoms with E-state index < -0.39 is 0 Å². The van der Waals surface area contributed by atoms with Crippen LogP contribution in [0.25, 0.3) is 0 Å². The van der Waals surface area contributed by atoms with Crippen molar-refractivity contribution in [1.82, 2.24) is 10.2 Å². The molecule has 1 rings (SSSR count). The third-order valence-corrected chi connectivity index (χ3v) is 2.06. The summed E-state index contributed by atoms with van der Waals surface area (Å²) >= 11 is 1.54. The van der Waals surface area contributed by atoms with Crippen LogP contribution in [0.3, 0.4) is 0 Å². The summed E-state index contributed by atoms with van der Waals surface area (Å²) in [6.07, 6.45) is 1.94. The minimum atomic E-state index is 0.500. The number of rotatable bonds is 3. The molecular weight excluding hydrogens is 176 g/mol. The number of thioether (sulfide) groups is 1. The molecule has 1 heterocycles. The van der Waals surface area contributed by atoms with Gasteiger partial charge in [0.25, 0.3) is 0 Å². The van der Waals surface area contributed by atoms with Crippen molar-refractivity contribution in [2.75, 3.05) is 20.5 Å². The molecule has 0 amide bonds. The molecule has 0 radical (unpaired) electrons. The lowest BCUT2D eigenvalue weighted by Crippen LogP contribution is -1.95. The molecule has 0 spiro atoms. The van der Waals surface area contributed by atoms with Gasteiger partial charge in [-0.15, -0.1) is 22.0 Å². The highest BCUT2D eigenvalue weighted by atomic mass is 32.2. The van der Waals surface area contributed by atoms with Gasteiger partial charge in [0, 0.05) is 6.07 Å². The van der Waals surface area contributed by atoms with Crippen LogP contribution in [0, 0.1) is 0 Å². The predicted molar refractivity (Wildman–Crippen MR) is 46.9 cm³/mol. The van der Waals surface area contributed by atoms with Crippen molar-refractivity contribution >= 4 is 11.8 Å². The summed E-state index contributed by atoms with van der Waals surface area (Å²) in [6.45, 7) is 0. The number of hydrogen-bond acceptors (Lipinski definition) is 5. The van der Waals surface area contributed by atoms with Crippen molar-refractivity contribution in [3.8, 4) is 11.8 Å². The quantitative estimate of drug-likeness (QED) is 0.664. The summed E-state index contributed by atoms with van der Waals surface area (Å²) in [4.78, 5) is 0.921. The van der Waals surface area contributed by atoms with Crippen molar-refractivity contribution in [3.63, 3.8) is 0 Å². The first kappa shape index (κ1) is 9.12. The van der Waals surface area contributed by atoms with E-state index in [9.17, 15) is 0 Å². The van der Waals surface area contributed by atoms with E-state index in [0.29, 0.717) is 11.8 Å². The molecule has 0 unspecified atom stereocenters. The molecule has 0 aliphatic carbocycles. The lowest BCUT2D eigenvalue weighted by molar-refractivity contribution is 0.358. The van der Waals surface area contributed by atoms with Gasteiger partial charge < -0.3 is 9.47 Å². The Morgan fingerprint density at radius 3 is 2.50 bits per heavy atom. The molecule has 0 aromatic carbocycles. The molecule has 0 saturated heterocycles. The first-order valence-corrected chi connectivity index (χ1v) is 4.54. The van der Waals surface area contributed by atoms with Crippen molar-refractivity contribution in [1.29, 1.82) is 0 Å². The van der Waals surface area contributed by atoms with Crippen molar-refractivity contribution in [2.24, 2.45) is 0 Å². The standard InChI is InChI=1S/C7H10N2O2S/c1-10-6-4-5(12-3)7(11-2)9-8-6/h4H,1-3H3. The van der Waals surface area contributed by atoms with Gasteiger partial charge in [0.05, 0.1) is 19.1 Å². The van der Waals surface area contributed by atoms with Crippen molar-refractivity contribution < 1.29 is 9.47 Å². The van der Waals surface area contributed by atoms with E-state index >= 15 is 0 Å². The van der Waals surface area contributed by atoms with Crippen LogP contribution in [0.15, 0.2) is 11.0 Å². The lowest BCUT2D eigenvalue weighted by Gasteiger charge is -2.04. The molecule has 1 aromatic heterocycles. The minimum absolute atomic E-state index is 0.500. The molecule has 5 heteroatoms. The Balaban J connectivity index is 3.02.